The zero-order chi connectivity index (χ0) is 21.7. The van der Waals surface area contributed by atoms with Crippen molar-refractivity contribution in [3.8, 4) is 0 Å². The lowest BCUT2D eigenvalue weighted by Gasteiger charge is -2.18. The van der Waals surface area contributed by atoms with Crippen molar-refractivity contribution < 1.29 is 12.9 Å². The molecule has 30 heavy (non-hydrogen) atoms. The largest absolute Gasteiger partial charge is 0.338 e. The summed E-state index contributed by atoms with van der Waals surface area (Å²) in [7, 11) is -3.52. The minimum atomic E-state index is -3.52. The van der Waals surface area contributed by atoms with Crippen LogP contribution in [0.15, 0.2) is 32.8 Å². The number of hydrogen-bond acceptors (Lipinski definition) is 7. The summed E-state index contributed by atoms with van der Waals surface area (Å²) in [4.78, 5) is 9.40. The van der Waals surface area contributed by atoms with Gasteiger partial charge in [0.1, 0.15) is 0 Å². The molecule has 3 rings (SSSR count). The second-order valence-electron chi connectivity index (χ2n) is 6.88. The molecule has 0 unspecified atom stereocenters. The minimum absolute atomic E-state index is 0.272. The van der Waals surface area contributed by atoms with E-state index in [0.717, 1.165) is 42.3 Å². The monoisotopic (exact) mass is 451 g/mol. The van der Waals surface area contributed by atoms with E-state index >= 15 is 0 Å². The number of imidazole rings is 1. The molecule has 0 saturated heterocycles. The molecule has 3 aromatic rings. The predicted octanol–water partition coefficient (Wildman–Crippen LogP) is 4.10. The van der Waals surface area contributed by atoms with Crippen LogP contribution in [0.5, 0.6) is 0 Å². The summed E-state index contributed by atoms with van der Waals surface area (Å²) >= 11 is 1.51. The first kappa shape index (κ1) is 22.8. The molecule has 0 fully saturated rings. The fourth-order valence-electron chi connectivity index (χ4n) is 3.29. The molecular weight excluding hydrogens is 422 g/mol. The van der Waals surface area contributed by atoms with Crippen molar-refractivity contribution in [2.75, 3.05) is 13.1 Å². The molecule has 8 nitrogen and oxygen atoms in total. The number of aromatic nitrogens is 4. The number of aryl methyl sites for hydroxylation is 2. The third kappa shape index (κ3) is 4.70. The highest BCUT2D eigenvalue weighted by atomic mass is 32.2. The Morgan fingerprint density at radius 2 is 1.90 bits per heavy atom. The van der Waals surface area contributed by atoms with Gasteiger partial charge in [0.15, 0.2) is 11.0 Å². The van der Waals surface area contributed by atoms with Crippen molar-refractivity contribution in [1.82, 2.24) is 24.0 Å². The van der Waals surface area contributed by atoms with Crippen molar-refractivity contribution >= 4 is 32.8 Å². The van der Waals surface area contributed by atoms with E-state index in [2.05, 4.69) is 21.6 Å². The van der Waals surface area contributed by atoms with E-state index in [1.165, 1.54) is 16.1 Å². The zero-order valence-electron chi connectivity index (χ0n) is 18.0. The molecule has 0 radical (unpaired) electrons. The fourth-order valence-corrected chi connectivity index (χ4v) is 5.68. The molecular formula is C20H29N5O3S2. The van der Waals surface area contributed by atoms with Crippen molar-refractivity contribution in [3.63, 3.8) is 0 Å². The number of fused-ring (bicyclic) bond motifs is 1. The Kier molecular flexibility index (Phi) is 7.54. The normalized spacial score (nSPS) is 12.3. The average molecular weight is 452 g/mol. The molecule has 0 bridgehead atoms. The first-order valence-corrected chi connectivity index (χ1v) is 12.8. The summed E-state index contributed by atoms with van der Waals surface area (Å²) in [5, 5.41) is 4.83. The van der Waals surface area contributed by atoms with Gasteiger partial charge in [-0.2, -0.15) is 9.29 Å². The highest BCUT2D eigenvalue weighted by Crippen LogP contribution is 2.28. The Labute approximate surface area is 182 Å². The molecule has 0 atom stereocenters. The van der Waals surface area contributed by atoms with Crippen molar-refractivity contribution in [3.05, 3.63) is 29.9 Å². The predicted molar refractivity (Wildman–Crippen MR) is 118 cm³/mol. The molecule has 0 aliphatic heterocycles. The van der Waals surface area contributed by atoms with Crippen LogP contribution in [0.2, 0.25) is 0 Å². The third-order valence-corrected chi connectivity index (χ3v) is 7.94. The Balaban J connectivity index is 1.84. The van der Waals surface area contributed by atoms with Crippen LogP contribution in [0.4, 0.5) is 0 Å². The number of hydrogen-bond donors (Lipinski definition) is 0. The van der Waals surface area contributed by atoms with Gasteiger partial charge >= 0.3 is 0 Å². The molecule has 2 heterocycles. The summed E-state index contributed by atoms with van der Waals surface area (Å²) in [5.41, 5.74) is 1.58. The van der Waals surface area contributed by atoms with Gasteiger partial charge in [-0.25, -0.2) is 13.4 Å². The lowest BCUT2D eigenvalue weighted by atomic mass is 10.2. The van der Waals surface area contributed by atoms with Crippen LogP contribution in [0.3, 0.4) is 0 Å². The van der Waals surface area contributed by atoms with Crippen molar-refractivity contribution in [2.45, 2.75) is 69.3 Å². The maximum Gasteiger partial charge on any atom is 0.243 e. The lowest BCUT2D eigenvalue weighted by molar-refractivity contribution is 0.384. The minimum Gasteiger partial charge on any atom is -0.338 e. The Hall–Kier alpha value is -1.91. The molecule has 164 valence electrons. The number of thioether (sulfide) groups is 1. The van der Waals surface area contributed by atoms with E-state index in [-0.39, 0.29) is 4.90 Å². The average Bonchev–Trinajstić information content (AvgIpc) is 3.34. The van der Waals surface area contributed by atoms with Crippen molar-refractivity contribution in [2.24, 2.45) is 0 Å². The van der Waals surface area contributed by atoms with Gasteiger partial charge in [-0.15, -0.1) is 0 Å². The maximum atomic E-state index is 12.8. The SMILES string of the molecule is CCCCc1noc(CSc2nc3cc(S(=O)(=O)N(CC)CC)ccc3n2CC)n1. The summed E-state index contributed by atoms with van der Waals surface area (Å²) in [6.07, 6.45) is 2.95. The highest BCUT2D eigenvalue weighted by Gasteiger charge is 2.23. The highest BCUT2D eigenvalue weighted by molar-refractivity contribution is 7.98. The second-order valence-corrected chi connectivity index (χ2v) is 9.76. The molecule has 0 spiro atoms. The summed E-state index contributed by atoms with van der Waals surface area (Å²) in [6.45, 7) is 9.45. The van der Waals surface area contributed by atoms with Gasteiger partial charge in [-0.1, -0.05) is 44.1 Å². The van der Waals surface area contributed by atoms with Gasteiger partial charge in [0.25, 0.3) is 0 Å². The number of rotatable bonds is 11. The van der Waals surface area contributed by atoms with Crippen LogP contribution in [0, 0.1) is 0 Å². The maximum absolute atomic E-state index is 12.8. The van der Waals surface area contributed by atoms with E-state index in [4.69, 9.17) is 9.51 Å². The Bertz CT molecular complexity index is 1090. The van der Waals surface area contributed by atoms with Crippen LogP contribution < -0.4 is 0 Å². The number of sulfonamides is 1. The first-order chi connectivity index (χ1) is 14.4. The number of unbranched alkanes of at least 4 members (excludes halogenated alkanes) is 1. The van der Waals surface area contributed by atoms with Gasteiger partial charge in [0.05, 0.1) is 21.7 Å². The van der Waals surface area contributed by atoms with Crippen LogP contribution in [0.25, 0.3) is 11.0 Å². The topological polar surface area (TPSA) is 94.1 Å². The van der Waals surface area contributed by atoms with Gasteiger partial charge in [-0.05, 0) is 31.5 Å². The van der Waals surface area contributed by atoms with Crippen LogP contribution in [0.1, 0.15) is 52.3 Å². The number of nitrogens with zero attached hydrogens (tertiary/aromatic N) is 5. The molecule has 0 N–H and O–H groups in total. The standard InChI is InChI=1S/C20H29N5O3S2/c1-5-9-10-18-22-19(28-23-18)14-29-20-21-16-13-15(11-12-17(16)25(20)8-4)30(26,27)24(6-2)7-3/h11-13H,5-10,14H2,1-4H3. The molecule has 1 aromatic carbocycles. The van der Waals surface area contributed by atoms with E-state index in [9.17, 15) is 8.42 Å². The third-order valence-electron chi connectivity index (χ3n) is 4.93. The van der Waals surface area contributed by atoms with Crippen LogP contribution in [-0.2, 0) is 28.7 Å². The summed E-state index contributed by atoms with van der Waals surface area (Å²) < 4.78 is 34.6. The smallest absolute Gasteiger partial charge is 0.243 e. The summed E-state index contributed by atoms with van der Waals surface area (Å²) in [5.74, 6) is 1.83. The van der Waals surface area contributed by atoms with Gasteiger partial charge in [-0.3, -0.25) is 0 Å². The van der Waals surface area contributed by atoms with Gasteiger partial charge in [0.2, 0.25) is 15.9 Å². The van der Waals surface area contributed by atoms with E-state index < -0.39 is 10.0 Å². The Morgan fingerprint density at radius 3 is 2.57 bits per heavy atom. The van der Waals surface area contributed by atoms with Gasteiger partial charge < -0.3 is 9.09 Å². The molecule has 0 aliphatic rings. The molecule has 0 amide bonds. The molecule has 0 aliphatic carbocycles. The van der Waals surface area contributed by atoms with Crippen LogP contribution >= 0.6 is 11.8 Å². The lowest BCUT2D eigenvalue weighted by Crippen LogP contribution is -2.30. The van der Waals surface area contributed by atoms with E-state index in [0.29, 0.717) is 30.2 Å². The number of benzene rings is 1. The van der Waals surface area contributed by atoms with Crippen LogP contribution in [-0.4, -0.2) is 45.5 Å². The molecule has 10 heteroatoms. The fraction of sp³-hybridized carbons (Fsp3) is 0.550. The quantitative estimate of drug-likeness (QED) is 0.405. The van der Waals surface area contributed by atoms with E-state index in [1.807, 2.05) is 26.8 Å². The van der Waals surface area contributed by atoms with Gasteiger partial charge in [0, 0.05) is 26.1 Å². The second kappa shape index (κ2) is 9.93. The zero-order valence-corrected chi connectivity index (χ0v) is 19.6. The molecule has 0 saturated carbocycles. The van der Waals surface area contributed by atoms with E-state index in [1.54, 1.807) is 12.1 Å². The first-order valence-electron chi connectivity index (χ1n) is 10.4. The van der Waals surface area contributed by atoms with Crippen molar-refractivity contribution in [1.29, 1.82) is 0 Å². The summed E-state index contributed by atoms with van der Waals surface area (Å²) in [6, 6.07) is 5.16. The molecule has 2 aromatic heterocycles. The Morgan fingerprint density at radius 1 is 1.13 bits per heavy atom.